The molecule has 0 bridgehead atoms. The van der Waals surface area contributed by atoms with Gasteiger partial charge in [0, 0.05) is 26.2 Å². The van der Waals surface area contributed by atoms with Crippen LogP contribution in [0.3, 0.4) is 0 Å². The zero-order valence-electron chi connectivity index (χ0n) is 15.1. The Bertz CT molecular complexity index is 549. The van der Waals surface area contributed by atoms with Crippen molar-refractivity contribution in [1.82, 2.24) is 9.80 Å². The lowest BCUT2D eigenvalue weighted by atomic mass is 9.77. The SMILES string of the molecule is CC(C)C(N)C(=O)N1CCC2(CCN(Cc3ccccc3)C2)CC1. The van der Waals surface area contributed by atoms with E-state index in [2.05, 4.69) is 35.2 Å². The number of piperidine rings is 1. The molecule has 2 aliphatic rings. The summed E-state index contributed by atoms with van der Waals surface area (Å²) in [5.41, 5.74) is 7.85. The number of amides is 1. The van der Waals surface area contributed by atoms with Crippen LogP contribution < -0.4 is 5.73 Å². The summed E-state index contributed by atoms with van der Waals surface area (Å²) in [5.74, 6) is 0.347. The fourth-order valence-electron chi connectivity index (χ4n) is 4.11. The van der Waals surface area contributed by atoms with Gasteiger partial charge >= 0.3 is 0 Å². The summed E-state index contributed by atoms with van der Waals surface area (Å²) in [6.07, 6.45) is 3.50. The van der Waals surface area contributed by atoms with Crippen LogP contribution in [0.25, 0.3) is 0 Å². The van der Waals surface area contributed by atoms with Crippen LogP contribution in [0.15, 0.2) is 30.3 Å². The zero-order valence-corrected chi connectivity index (χ0v) is 15.1. The molecule has 2 heterocycles. The third-order valence-electron chi connectivity index (χ3n) is 5.91. The number of likely N-dealkylation sites (tertiary alicyclic amines) is 2. The first-order chi connectivity index (χ1) is 11.5. The molecule has 1 aromatic carbocycles. The topological polar surface area (TPSA) is 49.6 Å². The zero-order chi connectivity index (χ0) is 17.2. The predicted octanol–water partition coefficient (Wildman–Crippen LogP) is 2.48. The Morgan fingerprint density at radius 3 is 2.38 bits per heavy atom. The number of nitrogens with two attached hydrogens (primary N) is 1. The molecule has 1 amide bonds. The number of nitrogens with zero attached hydrogens (tertiary/aromatic N) is 2. The smallest absolute Gasteiger partial charge is 0.239 e. The van der Waals surface area contributed by atoms with Gasteiger partial charge in [-0.2, -0.15) is 0 Å². The van der Waals surface area contributed by atoms with Gasteiger partial charge in [-0.15, -0.1) is 0 Å². The Hall–Kier alpha value is -1.39. The fraction of sp³-hybridized carbons (Fsp3) is 0.650. The highest BCUT2D eigenvalue weighted by Crippen LogP contribution is 2.40. The van der Waals surface area contributed by atoms with Gasteiger partial charge < -0.3 is 10.6 Å². The van der Waals surface area contributed by atoms with Crippen LogP contribution in [0, 0.1) is 11.3 Å². The second kappa shape index (κ2) is 7.24. The van der Waals surface area contributed by atoms with E-state index >= 15 is 0 Å². The van der Waals surface area contributed by atoms with Crippen molar-refractivity contribution in [3.05, 3.63) is 35.9 Å². The van der Waals surface area contributed by atoms with Crippen LogP contribution >= 0.6 is 0 Å². The minimum atomic E-state index is -0.350. The summed E-state index contributed by atoms with van der Waals surface area (Å²) in [4.78, 5) is 17.0. The molecule has 0 aromatic heterocycles. The van der Waals surface area contributed by atoms with Gasteiger partial charge in [-0.05, 0) is 42.7 Å². The van der Waals surface area contributed by atoms with Gasteiger partial charge in [0.05, 0.1) is 6.04 Å². The number of benzene rings is 1. The highest BCUT2D eigenvalue weighted by molar-refractivity contribution is 5.82. The molecule has 1 unspecified atom stereocenters. The molecule has 4 nitrogen and oxygen atoms in total. The summed E-state index contributed by atoms with van der Waals surface area (Å²) in [6, 6.07) is 10.4. The number of rotatable bonds is 4. The molecule has 2 saturated heterocycles. The second-order valence-corrected chi connectivity index (χ2v) is 8.04. The van der Waals surface area contributed by atoms with Crippen LogP contribution in [0.5, 0.6) is 0 Å². The lowest BCUT2D eigenvalue weighted by Crippen LogP contribution is -2.51. The Kier molecular flexibility index (Phi) is 5.26. The van der Waals surface area contributed by atoms with Crippen LogP contribution in [0.4, 0.5) is 0 Å². The quantitative estimate of drug-likeness (QED) is 0.923. The van der Waals surface area contributed by atoms with Gasteiger partial charge in [0.15, 0.2) is 0 Å². The summed E-state index contributed by atoms with van der Waals surface area (Å²) in [5, 5.41) is 0. The molecular formula is C20H31N3O. The van der Waals surface area contributed by atoms with E-state index in [0.717, 1.165) is 32.5 Å². The van der Waals surface area contributed by atoms with E-state index in [1.54, 1.807) is 0 Å². The summed E-state index contributed by atoms with van der Waals surface area (Å²) in [6.45, 7) is 9.17. The van der Waals surface area contributed by atoms with Gasteiger partial charge in [-0.3, -0.25) is 9.69 Å². The molecule has 3 rings (SSSR count). The normalized spacial score (nSPS) is 22.2. The van der Waals surface area contributed by atoms with E-state index < -0.39 is 0 Å². The largest absolute Gasteiger partial charge is 0.341 e. The Morgan fingerprint density at radius 2 is 1.75 bits per heavy atom. The monoisotopic (exact) mass is 329 g/mol. The van der Waals surface area contributed by atoms with Crippen molar-refractivity contribution in [2.75, 3.05) is 26.2 Å². The standard InChI is InChI=1S/C20H31N3O/c1-16(2)18(21)19(24)23-12-9-20(10-13-23)8-11-22(15-20)14-17-6-4-3-5-7-17/h3-7,16,18H,8-15,21H2,1-2H3. The predicted molar refractivity (Wildman–Crippen MR) is 97.4 cm³/mol. The lowest BCUT2D eigenvalue weighted by molar-refractivity contribution is -0.135. The summed E-state index contributed by atoms with van der Waals surface area (Å²) < 4.78 is 0. The number of carbonyl (C=O) groups is 1. The third kappa shape index (κ3) is 3.81. The van der Waals surface area contributed by atoms with E-state index in [-0.39, 0.29) is 17.9 Å². The Balaban J connectivity index is 1.52. The number of hydrogen-bond donors (Lipinski definition) is 1. The minimum absolute atomic E-state index is 0.138. The first kappa shape index (κ1) is 17.4. The van der Waals surface area contributed by atoms with Gasteiger partial charge in [0.25, 0.3) is 0 Å². The fourth-order valence-corrected chi connectivity index (χ4v) is 4.11. The molecule has 1 aromatic rings. The van der Waals surface area contributed by atoms with E-state index in [4.69, 9.17) is 5.73 Å². The van der Waals surface area contributed by atoms with Crippen molar-refractivity contribution in [1.29, 1.82) is 0 Å². The summed E-state index contributed by atoms with van der Waals surface area (Å²) >= 11 is 0. The Labute approximate surface area is 146 Å². The van der Waals surface area contributed by atoms with Crippen LogP contribution in [-0.2, 0) is 11.3 Å². The molecule has 4 heteroatoms. The van der Waals surface area contributed by atoms with Crippen LogP contribution in [0.1, 0.15) is 38.7 Å². The van der Waals surface area contributed by atoms with E-state index in [0.29, 0.717) is 5.41 Å². The van der Waals surface area contributed by atoms with Crippen molar-refractivity contribution in [3.63, 3.8) is 0 Å². The maximum absolute atomic E-state index is 12.4. The number of carbonyl (C=O) groups excluding carboxylic acids is 1. The molecule has 24 heavy (non-hydrogen) atoms. The maximum Gasteiger partial charge on any atom is 0.239 e. The molecular weight excluding hydrogens is 298 g/mol. The van der Waals surface area contributed by atoms with Crippen molar-refractivity contribution in [2.45, 2.75) is 45.7 Å². The van der Waals surface area contributed by atoms with Gasteiger partial charge in [0.1, 0.15) is 0 Å². The van der Waals surface area contributed by atoms with Crippen molar-refractivity contribution >= 4 is 5.91 Å². The lowest BCUT2D eigenvalue weighted by Gasteiger charge is -2.40. The molecule has 1 spiro atoms. The van der Waals surface area contributed by atoms with Crippen molar-refractivity contribution < 1.29 is 4.79 Å². The van der Waals surface area contributed by atoms with E-state index in [9.17, 15) is 4.79 Å². The highest BCUT2D eigenvalue weighted by atomic mass is 16.2. The first-order valence-corrected chi connectivity index (χ1v) is 9.30. The number of hydrogen-bond acceptors (Lipinski definition) is 3. The average molecular weight is 329 g/mol. The maximum atomic E-state index is 12.4. The van der Waals surface area contributed by atoms with Crippen LogP contribution in [0.2, 0.25) is 0 Å². The molecule has 132 valence electrons. The first-order valence-electron chi connectivity index (χ1n) is 9.30. The molecule has 2 N–H and O–H groups in total. The molecule has 0 aliphatic carbocycles. The van der Waals surface area contributed by atoms with Crippen molar-refractivity contribution in [3.8, 4) is 0 Å². The van der Waals surface area contributed by atoms with Gasteiger partial charge in [-0.1, -0.05) is 44.2 Å². The Morgan fingerprint density at radius 1 is 1.12 bits per heavy atom. The molecule has 2 fully saturated rings. The average Bonchev–Trinajstić information content (AvgIpc) is 2.97. The molecule has 0 saturated carbocycles. The van der Waals surface area contributed by atoms with Crippen LogP contribution in [-0.4, -0.2) is 47.9 Å². The highest BCUT2D eigenvalue weighted by Gasteiger charge is 2.41. The van der Waals surface area contributed by atoms with E-state index in [1.807, 2.05) is 18.7 Å². The summed E-state index contributed by atoms with van der Waals surface area (Å²) in [7, 11) is 0. The third-order valence-corrected chi connectivity index (χ3v) is 5.91. The molecule has 1 atom stereocenters. The molecule has 2 aliphatic heterocycles. The van der Waals surface area contributed by atoms with E-state index in [1.165, 1.54) is 25.1 Å². The van der Waals surface area contributed by atoms with Crippen molar-refractivity contribution in [2.24, 2.45) is 17.1 Å². The minimum Gasteiger partial charge on any atom is -0.341 e. The molecule has 0 radical (unpaired) electrons. The van der Waals surface area contributed by atoms with Gasteiger partial charge in [-0.25, -0.2) is 0 Å². The second-order valence-electron chi connectivity index (χ2n) is 8.04. The van der Waals surface area contributed by atoms with Gasteiger partial charge in [0.2, 0.25) is 5.91 Å².